The molecule has 0 saturated carbocycles. The number of hydrogen-bond donors (Lipinski definition) is 1. The number of rotatable bonds is 4. The Balaban J connectivity index is 3.07. The fourth-order valence-corrected chi connectivity index (χ4v) is 3.47. The van der Waals surface area contributed by atoms with Gasteiger partial charge in [0.1, 0.15) is 0 Å². The van der Waals surface area contributed by atoms with E-state index in [2.05, 4.69) is 31.0 Å². The van der Waals surface area contributed by atoms with Crippen LogP contribution in [0.15, 0.2) is 9.63 Å². The molecule has 0 aliphatic carbocycles. The van der Waals surface area contributed by atoms with Gasteiger partial charge in [0.25, 0.3) is 10.0 Å². The first-order valence-corrected chi connectivity index (χ1v) is 6.83. The Kier molecular flexibility index (Phi) is 4.10. The van der Waals surface area contributed by atoms with Crippen LogP contribution in [0.25, 0.3) is 0 Å². The van der Waals surface area contributed by atoms with Crippen molar-refractivity contribution in [3.63, 3.8) is 0 Å². The van der Waals surface area contributed by atoms with Gasteiger partial charge in [-0.15, -0.1) is 16.7 Å². The van der Waals surface area contributed by atoms with Gasteiger partial charge in [-0.2, -0.15) is 0 Å². The maximum atomic E-state index is 11.8. The molecular formula is C6H10BrClN4O2S. The van der Waals surface area contributed by atoms with E-state index in [9.17, 15) is 8.42 Å². The monoisotopic (exact) mass is 316 g/mol. The summed E-state index contributed by atoms with van der Waals surface area (Å²) in [5.41, 5.74) is 0. The average Bonchev–Trinajstić information content (AvgIpc) is 2.45. The number of nitrogens with one attached hydrogen (secondary N) is 1. The van der Waals surface area contributed by atoms with Crippen LogP contribution in [0.5, 0.6) is 0 Å². The molecule has 1 aromatic rings. The Morgan fingerprint density at radius 3 is 2.67 bits per heavy atom. The van der Waals surface area contributed by atoms with Crippen LogP contribution in [0.3, 0.4) is 0 Å². The standard InChI is InChI=1S/C6H10BrClN4O2S/c1-4(3-8)10-15(13,14)6-5(7)9-11-12(6)2/h4,10H,3H2,1-2H3. The van der Waals surface area contributed by atoms with Gasteiger partial charge in [-0.25, -0.2) is 17.8 Å². The summed E-state index contributed by atoms with van der Waals surface area (Å²) in [7, 11) is -2.14. The summed E-state index contributed by atoms with van der Waals surface area (Å²) in [5, 5.41) is 7.16. The number of nitrogens with zero attached hydrogens (tertiary/aromatic N) is 3. The van der Waals surface area contributed by atoms with Gasteiger partial charge < -0.3 is 0 Å². The molecule has 15 heavy (non-hydrogen) atoms. The second-order valence-corrected chi connectivity index (χ2v) is 5.67. The Bertz CT molecular complexity index is 426. The molecule has 0 amide bonds. The molecule has 1 aromatic heterocycles. The third kappa shape index (κ3) is 2.90. The minimum absolute atomic E-state index is 0.0144. The van der Waals surface area contributed by atoms with Crippen LogP contribution in [0, 0.1) is 0 Å². The molecule has 1 N–H and O–H groups in total. The van der Waals surface area contributed by atoms with Gasteiger partial charge in [-0.1, -0.05) is 5.21 Å². The third-order valence-electron chi connectivity index (χ3n) is 1.58. The maximum Gasteiger partial charge on any atom is 0.260 e. The van der Waals surface area contributed by atoms with Crippen molar-refractivity contribution < 1.29 is 8.42 Å². The van der Waals surface area contributed by atoms with Crippen LogP contribution in [-0.2, 0) is 17.1 Å². The predicted molar refractivity (Wildman–Crippen MR) is 59.2 cm³/mol. The summed E-state index contributed by atoms with van der Waals surface area (Å²) in [6.07, 6.45) is 0. The molecule has 0 bridgehead atoms. The van der Waals surface area contributed by atoms with Crippen LogP contribution in [0.4, 0.5) is 0 Å². The molecule has 1 heterocycles. The largest absolute Gasteiger partial charge is 0.260 e. The summed E-state index contributed by atoms with van der Waals surface area (Å²) in [6.45, 7) is 1.67. The van der Waals surface area contributed by atoms with E-state index in [4.69, 9.17) is 11.6 Å². The lowest BCUT2D eigenvalue weighted by Gasteiger charge is -2.10. The number of alkyl halides is 1. The molecule has 1 atom stereocenters. The van der Waals surface area contributed by atoms with Crippen molar-refractivity contribution >= 4 is 37.6 Å². The Labute approximate surface area is 101 Å². The molecule has 0 saturated heterocycles. The highest BCUT2D eigenvalue weighted by Gasteiger charge is 2.25. The van der Waals surface area contributed by atoms with Gasteiger partial charge in [-0.3, -0.25) is 0 Å². The van der Waals surface area contributed by atoms with Gasteiger partial charge in [0.15, 0.2) is 4.60 Å². The SMILES string of the molecule is CC(CCl)NS(=O)(=O)c1c(Br)nnn1C. The number of hydrogen-bond acceptors (Lipinski definition) is 4. The Morgan fingerprint density at radius 2 is 2.27 bits per heavy atom. The summed E-state index contributed by atoms with van der Waals surface area (Å²) >= 11 is 8.54. The van der Waals surface area contributed by atoms with Crippen LogP contribution < -0.4 is 4.72 Å². The van der Waals surface area contributed by atoms with E-state index in [0.717, 1.165) is 0 Å². The summed E-state index contributed by atoms with van der Waals surface area (Å²) in [4.78, 5) is 0. The van der Waals surface area contributed by atoms with E-state index >= 15 is 0 Å². The number of aromatic nitrogens is 3. The molecule has 6 nitrogen and oxygen atoms in total. The van der Waals surface area contributed by atoms with Crippen molar-refractivity contribution in [1.29, 1.82) is 0 Å². The quantitative estimate of drug-likeness (QED) is 0.820. The second-order valence-electron chi connectivity index (χ2n) is 2.99. The molecule has 1 rings (SSSR count). The minimum Gasteiger partial charge on any atom is -0.235 e. The van der Waals surface area contributed by atoms with Crippen molar-refractivity contribution in [2.24, 2.45) is 7.05 Å². The fourth-order valence-electron chi connectivity index (χ4n) is 0.960. The summed E-state index contributed by atoms with van der Waals surface area (Å²) in [5.74, 6) is 0.197. The average molecular weight is 318 g/mol. The summed E-state index contributed by atoms with van der Waals surface area (Å²) in [6, 6.07) is -0.349. The molecule has 9 heteroatoms. The first kappa shape index (κ1) is 12.9. The van der Waals surface area contributed by atoms with Crippen molar-refractivity contribution in [3.8, 4) is 0 Å². The lowest BCUT2D eigenvalue weighted by Crippen LogP contribution is -2.35. The van der Waals surface area contributed by atoms with Crippen LogP contribution in [-0.4, -0.2) is 35.3 Å². The molecule has 0 aromatic carbocycles. The zero-order chi connectivity index (χ0) is 11.6. The van der Waals surface area contributed by atoms with E-state index < -0.39 is 10.0 Å². The number of aryl methyl sites for hydroxylation is 1. The molecule has 0 fully saturated rings. The van der Waals surface area contributed by atoms with Gasteiger partial charge in [-0.05, 0) is 22.9 Å². The second kappa shape index (κ2) is 4.77. The highest BCUT2D eigenvalue weighted by atomic mass is 79.9. The van der Waals surface area contributed by atoms with Crippen LogP contribution in [0.1, 0.15) is 6.92 Å². The van der Waals surface area contributed by atoms with E-state index in [1.165, 1.54) is 11.7 Å². The third-order valence-corrected chi connectivity index (χ3v) is 4.52. The molecule has 0 aliphatic rings. The number of sulfonamides is 1. The lowest BCUT2D eigenvalue weighted by molar-refractivity contribution is 0.551. The summed E-state index contributed by atoms with van der Waals surface area (Å²) < 4.78 is 27.4. The molecule has 86 valence electrons. The molecule has 0 spiro atoms. The maximum absolute atomic E-state index is 11.8. The molecule has 0 aliphatic heterocycles. The van der Waals surface area contributed by atoms with E-state index in [-0.39, 0.29) is 21.6 Å². The Hall–Kier alpha value is -0.180. The minimum atomic E-state index is -3.63. The zero-order valence-corrected chi connectivity index (χ0v) is 11.3. The normalized spacial score (nSPS) is 14.1. The van der Waals surface area contributed by atoms with E-state index in [1.54, 1.807) is 6.92 Å². The van der Waals surface area contributed by atoms with E-state index in [0.29, 0.717) is 0 Å². The molecular weight excluding hydrogens is 308 g/mol. The molecule has 0 radical (unpaired) electrons. The van der Waals surface area contributed by atoms with Crippen molar-refractivity contribution in [2.45, 2.75) is 18.0 Å². The van der Waals surface area contributed by atoms with Gasteiger partial charge in [0, 0.05) is 19.0 Å². The van der Waals surface area contributed by atoms with Gasteiger partial charge >= 0.3 is 0 Å². The van der Waals surface area contributed by atoms with Crippen LogP contribution in [0.2, 0.25) is 0 Å². The van der Waals surface area contributed by atoms with E-state index in [1.807, 2.05) is 0 Å². The van der Waals surface area contributed by atoms with Crippen molar-refractivity contribution in [1.82, 2.24) is 19.7 Å². The van der Waals surface area contributed by atoms with Gasteiger partial charge in [0.05, 0.1) is 0 Å². The van der Waals surface area contributed by atoms with Crippen molar-refractivity contribution in [3.05, 3.63) is 4.60 Å². The zero-order valence-electron chi connectivity index (χ0n) is 8.11. The fraction of sp³-hybridized carbons (Fsp3) is 0.667. The molecule has 1 unspecified atom stereocenters. The topological polar surface area (TPSA) is 76.9 Å². The first-order valence-electron chi connectivity index (χ1n) is 4.02. The lowest BCUT2D eigenvalue weighted by atomic mass is 10.4. The smallest absolute Gasteiger partial charge is 0.235 e. The predicted octanol–water partition coefficient (Wildman–Crippen LogP) is 0.483. The van der Waals surface area contributed by atoms with Crippen LogP contribution >= 0.6 is 27.5 Å². The Morgan fingerprint density at radius 1 is 1.67 bits per heavy atom. The highest BCUT2D eigenvalue weighted by molar-refractivity contribution is 9.10. The van der Waals surface area contributed by atoms with Crippen molar-refractivity contribution in [2.75, 3.05) is 5.88 Å². The van der Waals surface area contributed by atoms with Gasteiger partial charge in [0.2, 0.25) is 5.03 Å². The first-order chi connectivity index (χ1) is 6.88. The highest BCUT2D eigenvalue weighted by Crippen LogP contribution is 2.17. The number of halogens is 2.